The van der Waals surface area contributed by atoms with Gasteiger partial charge < -0.3 is 14.8 Å². The molecule has 2 rings (SSSR count). The Hall–Kier alpha value is -2.15. The highest BCUT2D eigenvalue weighted by molar-refractivity contribution is 7.17. The van der Waals surface area contributed by atoms with Crippen molar-refractivity contribution in [3.63, 3.8) is 0 Å². The van der Waals surface area contributed by atoms with Crippen molar-refractivity contribution in [2.45, 2.75) is 46.5 Å². The largest absolute Gasteiger partial charge is 0.462 e. The van der Waals surface area contributed by atoms with Crippen LogP contribution in [0.15, 0.2) is 12.2 Å². The van der Waals surface area contributed by atoms with Gasteiger partial charge in [0.25, 0.3) is 5.91 Å². The molecule has 0 saturated heterocycles. The van der Waals surface area contributed by atoms with Crippen molar-refractivity contribution >= 4 is 34.2 Å². The van der Waals surface area contributed by atoms with E-state index in [1.165, 1.54) is 11.3 Å². The average Bonchev–Trinajstić information content (AvgIpc) is 3.21. The van der Waals surface area contributed by atoms with Crippen LogP contribution in [0.5, 0.6) is 0 Å². The van der Waals surface area contributed by atoms with E-state index in [1.54, 1.807) is 6.92 Å². The van der Waals surface area contributed by atoms with Gasteiger partial charge in [-0.2, -0.15) is 0 Å². The van der Waals surface area contributed by atoms with Gasteiger partial charge in [0.15, 0.2) is 6.61 Å². The summed E-state index contributed by atoms with van der Waals surface area (Å²) in [5, 5.41) is 3.12. The molecule has 1 amide bonds. The maximum Gasteiger partial charge on any atom is 0.341 e. The minimum atomic E-state index is -0.463. The third-order valence-corrected chi connectivity index (χ3v) is 5.56. The number of nitrogens with one attached hydrogen (secondary N) is 1. The lowest BCUT2D eigenvalue weighted by Crippen LogP contribution is -2.22. The molecule has 0 aromatic carbocycles. The normalized spacial score (nSPS) is 15.7. The number of allylic oxidation sites excluding steroid dienone is 2. The van der Waals surface area contributed by atoms with Crippen LogP contribution in [-0.2, 0) is 25.5 Å². The Morgan fingerprint density at radius 2 is 2.04 bits per heavy atom. The highest BCUT2D eigenvalue weighted by Crippen LogP contribution is 2.34. The predicted octanol–water partition coefficient (Wildman–Crippen LogP) is 3.63. The van der Waals surface area contributed by atoms with Gasteiger partial charge in [-0.3, -0.25) is 9.59 Å². The minimum absolute atomic E-state index is 0.202. The van der Waals surface area contributed by atoms with Crippen LogP contribution in [0.1, 0.15) is 53.9 Å². The van der Waals surface area contributed by atoms with Crippen molar-refractivity contribution < 1.29 is 23.9 Å². The summed E-state index contributed by atoms with van der Waals surface area (Å²) in [5.41, 5.74) is 1.20. The van der Waals surface area contributed by atoms with Gasteiger partial charge in [-0.05, 0) is 44.6 Å². The molecule has 1 atom stereocenters. The highest BCUT2D eigenvalue weighted by atomic mass is 32.1. The Morgan fingerprint density at radius 3 is 2.65 bits per heavy atom. The second kappa shape index (κ2) is 9.52. The molecular weight excluding hydrogens is 354 g/mol. The van der Waals surface area contributed by atoms with Crippen LogP contribution in [-0.4, -0.2) is 31.1 Å². The maximum absolute atomic E-state index is 12.2. The molecule has 0 fully saturated rings. The van der Waals surface area contributed by atoms with E-state index in [-0.39, 0.29) is 31.5 Å². The lowest BCUT2D eigenvalue weighted by Gasteiger charge is -2.09. The van der Waals surface area contributed by atoms with Crippen molar-refractivity contribution in [3.05, 3.63) is 28.2 Å². The fraction of sp³-hybridized carbons (Fsp3) is 0.526. The Morgan fingerprint density at radius 1 is 1.27 bits per heavy atom. The van der Waals surface area contributed by atoms with Crippen molar-refractivity contribution in [2.75, 3.05) is 18.5 Å². The molecule has 142 valence electrons. The zero-order chi connectivity index (χ0) is 19.1. The Kier molecular flexibility index (Phi) is 7.38. The van der Waals surface area contributed by atoms with E-state index < -0.39 is 11.9 Å². The quantitative estimate of drug-likeness (QED) is 0.551. The molecule has 1 aromatic heterocycles. The molecule has 0 radical (unpaired) electrons. The third kappa shape index (κ3) is 5.17. The Balaban J connectivity index is 1.96. The molecule has 1 aliphatic rings. The number of hydrogen-bond donors (Lipinski definition) is 1. The van der Waals surface area contributed by atoms with Crippen LogP contribution in [0.4, 0.5) is 5.00 Å². The number of thiophene rings is 1. The van der Waals surface area contributed by atoms with Gasteiger partial charge in [0.05, 0.1) is 18.6 Å². The zero-order valence-electron chi connectivity index (χ0n) is 15.4. The van der Waals surface area contributed by atoms with E-state index in [9.17, 15) is 14.4 Å². The molecule has 1 N–H and O–H groups in total. The lowest BCUT2D eigenvalue weighted by molar-refractivity contribution is -0.147. The molecule has 1 heterocycles. The first-order chi connectivity index (χ1) is 12.5. The van der Waals surface area contributed by atoms with Crippen molar-refractivity contribution in [2.24, 2.45) is 5.92 Å². The lowest BCUT2D eigenvalue weighted by atomic mass is 10.1. The fourth-order valence-corrected chi connectivity index (χ4v) is 4.03. The first-order valence-electron chi connectivity index (χ1n) is 8.87. The Labute approximate surface area is 157 Å². The average molecular weight is 379 g/mol. The Bertz CT molecular complexity index is 707. The summed E-state index contributed by atoms with van der Waals surface area (Å²) in [7, 11) is 0. The molecule has 0 bridgehead atoms. The smallest absolute Gasteiger partial charge is 0.341 e. The van der Waals surface area contributed by atoms with Crippen LogP contribution >= 0.6 is 11.3 Å². The van der Waals surface area contributed by atoms with E-state index >= 15 is 0 Å². The van der Waals surface area contributed by atoms with E-state index in [0.29, 0.717) is 10.6 Å². The molecular formula is C19H25NO5S. The first-order valence-corrected chi connectivity index (χ1v) is 9.69. The predicted molar refractivity (Wildman–Crippen MR) is 100 cm³/mol. The SMILES string of the molecule is CCOC(=O)c1c(NC(=O)COC(=O)C[C@@H]2C=CCC2)sc(CC)c1C. The topological polar surface area (TPSA) is 81.7 Å². The van der Waals surface area contributed by atoms with Crippen LogP contribution in [0.2, 0.25) is 0 Å². The van der Waals surface area contributed by atoms with Crippen molar-refractivity contribution in [1.29, 1.82) is 0 Å². The van der Waals surface area contributed by atoms with Gasteiger partial charge in [-0.1, -0.05) is 19.1 Å². The summed E-state index contributed by atoms with van der Waals surface area (Å²) in [6.45, 7) is 5.45. The molecule has 26 heavy (non-hydrogen) atoms. The van der Waals surface area contributed by atoms with Gasteiger partial charge >= 0.3 is 11.9 Å². The number of rotatable bonds is 8. The summed E-state index contributed by atoms with van der Waals surface area (Å²) < 4.78 is 10.1. The number of hydrogen-bond acceptors (Lipinski definition) is 6. The number of carbonyl (C=O) groups excluding carboxylic acids is 3. The van der Waals surface area contributed by atoms with Gasteiger partial charge in [0, 0.05) is 4.88 Å². The van der Waals surface area contributed by atoms with Crippen molar-refractivity contribution in [1.82, 2.24) is 0 Å². The van der Waals surface area contributed by atoms with Gasteiger partial charge in [-0.25, -0.2) is 4.79 Å². The molecule has 6 nitrogen and oxygen atoms in total. The number of anilines is 1. The number of ether oxygens (including phenoxy) is 2. The van der Waals surface area contributed by atoms with Crippen LogP contribution < -0.4 is 5.32 Å². The molecule has 0 spiro atoms. The van der Waals surface area contributed by atoms with E-state index in [4.69, 9.17) is 9.47 Å². The zero-order valence-corrected chi connectivity index (χ0v) is 16.2. The van der Waals surface area contributed by atoms with Crippen LogP contribution in [0.3, 0.4) is 0 Å². The highest BCUT2D eigenvalue weighted by Gasteiger charge is 2.23. The first kappa shape index (κ1) is 20.2. The monoisotopic (exact) mass is 379 g/mol. The number of amides is 1. The molecule has 0 unspecified atom stereocenters. The fourth-order valence-electron chi connectivity index (χ4n) is 2.88. The molecule has 1 aliphatic carbocycles. The van der Waals surface area contributed by atoms with Crippen molar-refractivity contribution in [3.8, 4) is 0 Å². The van der Waals surface area contributed by atoms with Gasteiger partial charge in [-0.15, -0.1) is 11.3 Å². The van der Waals surface area contributed by atoms with E-state index in [2.05, 4.69) is 5.32 Å². The molecule has 0 aliphatic heterocycles. The third-order valence-electron chi connectivity index (χ3n) is 4.20. The minimum Gasteiger partial charge on any atom is -0.462 e. The summed E-state index contributed by atoms with van der Waals surface area (Å²) in [6.07, 6.45) is 7.02. The maximum atomic E-state index is 12.2. The summed E-state index contributed by atoms with van der Waals surface area (Å²) in [6, 6.07) is 0. The summed E-state index contributed by atoms with van der Waals surface area (Å²) in [5.74, 6) is -1.11. The summed E-state index contributed by atoms with van der Waals surface area (Å²) >= 11 is 1.35. The second-order valence-electron chi connectivity index (χ2n) is 6.11. The van der Waals surface area contributed by atoms with E-state index in [0.717, 1.165) is 29.7 Å². The number of esters is 2. The number of aryl methyl sites for hydroxylation is 1. The van der Waals surface area contributed by atoms with E-state index in [1.807, 2.05) is 26.0 Å². The van der Waals surface area contributed by atoms with Gasteiger partial charge in [0.1, 0.15) is 5.00 Å². The summed E-state index contributed by atoms with van der Waals surface area (Å²) in [4.78, 5) is 37.2. The molecule has 0 saturated carbocycles. The molecule has 7 heteroatoms. The van der Waals surface area contributed by atoms with Gasteiger partial charge in [0.2, 0.25) is 0 Å². The second-order valence-corrected chi connectivity index (χ2v) is 7.21. The standard InChI is InChI=1S/C19H25NO5S/c1-4-14-12(3)17(19(23)24-5-2)18(26-14)20-15(21)11-25-16(22)10-13-8-6-7-9-13/h6,8,13H,4-5,7,9-11H2,1-3H3,(H,20,21)/t13-/m1/s1. The van der Waals surface area contributed by atoms with Crippen LogP contribution in [0, 0.1) is 12.8 Å². The van der Waals surface area contributed by atoms with Crippen LogP contribution in [0.25, 0.3) is 0 Å². The molecule has 1 aromatic rings. The number of carbonyl (C=O) groups is 3.